The lowest BCUT2D eigenvalue weighted by molar-refractivity contribution is 0.482. The molecule has 56 valence electrons. The van der Waals surface area contributed by atoms with Crippen LogP contribution in [0.4, 0.5) is 0 Å². The SMILES string of the molecule is CCN(CC)[SiH](Cl)NC. The first-order chi connectivity index (χ1) is 4.26. The zero-order valence-electron chi connectivity index (χ0n) is 6.32. The van der Waals surface area contributed by atoms with Crippen molar-refractivity contribution < 1.29 is 0 Å². The second-order valence-electron chi connectivity index (χ2n) is 1.85. The van der Waals surface area contributed by atoms with E-state index in [1.807, 2.05) is 7.05 Å². The van der Waals surface area contributed by atoms with Crippen molar-refractivity contribution >= 4 is 19.5 Å². The average Bonchev–Trinajstić information content (AvgIpc) is 1.90. The molecule has 0 bridgehead atoms. The smallest absolute Gasteiger partial charge is 0.288 e. The molecule has 0 spiro atoms. The lowest BCUT2D eigenvalue weighted by Crippen LogP contribution is -2.44. The minimum Gasteiger partial charge on any atom is -0.319 e. The zero-order valence-corrected chi connectivity index (χ0v) is 8.23. The third-order valence-electron chi connectivity index (χ3n) is 1.37. The van der Waals surface area contributed by atoms with Crippen LogP contribution in [-0.2, 0) is 0 Å². The number of nitrogens with zero attached hydrogens (tertiary/aromatic N) is 1. The van der Waals surface area contributed by atoms with Gasteiger partial charge in [0.1, 0.15) is 0 Å². The predicted molar refractivity (Wildman–Crippen MR) is 45.0 cm³/mol. The molecule has 0 fully saturated rings. The van der Waals surface area contributed by atoms with E-state index in [0.717, 1.165) is 13.1 Å². The molecular formula is C5H15ClN2Si. The predicted octanol–water partition coefficient (Wildman–Crippen LogP) is 0.504. The third-order valence-corrected chi connectivity index (χ3v) is 4.70. The van der Waals surface area contributed by atoms with Gasteiger partial charge in [-0.3, -0.25) is 0 Å². The fourth-order valence-corrected chi connectivity index (χ4v) is 2.56. The molecule has 0 aliphatic rings. The van der Waals surface area contributed by atoms with Crippen molar-refractivity contribution in [1.82, 2.24) is 9.55 Å². The van der Waals surface area contributed by atoms with Gasteiger partial charge in [0.15, 0.2) is 0 Å². The van der Waals surface area contributed by atoms with Gasteiger partial charge in [0, 0.05) is 0 Å². The first-order valence-corrected chi connectivity index (χ1v) is 6.15. The highest BCUT2D eigenvalue weighted by Crippen LogP contribution is 1.93. The Hall–Kier alpha value is 0.427. The maximum Gasteiger partial charge on any atom is 0.288 e. The highest BCUT2D eigenvalue weighted by Gasteiger charge is 2.10. The lowest BCUT2D eigenvalue weighted by Gasteiger charge is -2.21. The van der Waals surface area contributed by atoms with Crippen LogP contribution in [0.25, 0.3) is 0 Å². The van der Waals surface area contributed by atoms with Gasteiger partial charge in [0.05, 0.1) is 0 Å². The molecule has 0 radical (unpaired) electrons. The first kappa shape index (κ1) is 9.43. The van der Waals surface area contributed by atoms with Gasteiger partial charge in [-0.25, -0.2) is 0 Å². The molecule has 4 heteroatoms. The summed E-state index contributed by atoms with van der Waals surface area (Å²) in [6, 6.07) is 0. The van der Waals surface area contributed by atoms with E-state index in [0.29, 0.717) is 0 Å². The van der Waals surface area contributed by atoms with Crippen LogP contribution in [0.3, 0.4) is 0 Å². The summed E-state index contributed by atoms with van der Waals surface area (Å²) in [5.41, 5.74) is 0. The van der Waals surface area contributed by atoms with E-state index in [1.165, 1.54) is 0 Å². The van der Waals surface area contributed by atoms with E-state index >= 15 is 0 Å². The van der Waals surface area contributed by atoms with Crippen LogP contribution >= 0.6 is 11.1 Å². The second-order valence-corrected chi connectivity index (χ2v) is 5.07. The van der Waals surface area contributed by atoms with Crippen LogP contribution in [0.5, 0.6) is 0 Å². The Morgan fingerprint density at radius 2 is 1.89 bits per heavy atom. The summed E-state index contributed by atoms with van der Waals surface area (Å²) in [5.74, 6) is 0. The van der Waals surface area contributed by atoms with Gasteiger partial charge in [-0.05, 0) is 20.1 Å². The van der Waals surface area contributed by atoms with E-state index in [-0.39, 0.29) is 0 Å². The number of hydrogen-bond donors (Lipinski definition) is 1. The van der Waals surface area contributed by atoms with E-state index < -0.39 is 8.43 Å². The van der Waals surface area contributed by atoms with E-state index in [2.05, 4.69) is 23.4 Å². The maximum atomic E-state index is 5.99. The Morgan fingerprint density at radius 3 is 2.00 bits per heavy atom. The van der Waals surface area contributed by atoms with Crippen molar-refractivity contribution in [1.29, 1.82) is 0 Å². The molecule has 2 nitrogen and oxygen atoms in total. The van der Waals surface area contributed by atoms with Gasteiger partial charge in [-0.1, -0.05) is 13.8 Å². The normalized spacial score (nSPS) is 14.3. The van der Waals surface area contributed by atoms with Crippen molar-refractivity contribution in [2.24, 2.45) is 0 Å². The van der Waals surface area contributed by atoms with Crippen molar-refractivity contribution in [3.8, 4) is 0 Å². The first-order valence-electron chi connectivity index (χ1n) is 3.31. The Balaban J connectivity index is 3.50. The molecule has 0 saturated heterocycles. The van der Waals surface area contributed by atoms with E-state index in [9.17, 15) is 0 Å². The van der Waals surface area contributed by atoms with Crippen LogP contribution in [0.2, 0.25) is 0 Å². The van der Waals surface area contributed by atoms with Crippen molar-refractivity contribution in [2.75, 3.05) is 20.1 Å². The molecule has 0 saturated carbocycles. The minimum absolute atomic E-state index is 1.05. The molecule has 1 unspecified atom stereocenters. The van der Waals surface area contributed by atoms with Crippen molar-refractivity contribution in [3.05, 3.63) is 0 Å². The van der Waals surface area contributed by atoms with Gasteiger partial charge in [-0.2, -0.15) is 0 Å². The molecule has 1 atom stereocenters. The molecule has 9 heavy (non-hydrogen) atoms. The molecule has 0 aliphatic heterocycles. The summed E-state index contributed by atoms with van der Waals surface area (Å²) < 4.78 is 2.27. The molecule has 0 aromatic heterocycles. The van der Waals surface area contributed by atoms with Gasteiger partial charge in [-0.15, -0.1) is 11.1 Å². The molecular weight excluding hydrogens is 152 g/mol. The Kier molecular flexibility index (Phi) is 5.48. The van der Waals surface area contributed by atoms with Gasteiger partial charge in [0.25, 0.3) is 8.43 Å². The summed E-state index contributed by atoms with van der Waals surface area (Å²) in [6.45, 7) is 6.36. The molecule has 0 aromatic carbocycles. The van der Waals surface area contributed by atoms with Crippen molar-refractivity contribution in [2.45, 2.75) is 13.8 Å². The van der Waals surface area contributed by atoms with Crippen LogP contribution < -0.4 is 4.98 Å². The third kappa shape index (κ3) is 3.20. The molecule has 0 heterocycles. The molecule has 1 N–H and O–H groups in total. The molecule has 0 aromatic rings. The minimum atomic E-state index is -1.24. The lowest BCUT2D eigenvalue weighted by atomic mass is 10.7. The fourth-order valence-electron chi connectivity index (χ4n) is 0.727. The van der Waals surface area contributed by atoms with Gasteiger partial charge < -0.3 is 9.55 Å². The van der Waals surface area contributed by atoms with E-state index in [1.54, 1.807) is 0 Å². The largest absolute Gasteiger partial charge is 0.319 e. The Bertz CT molecular complexity index is 68.0. The Morgan fingerprint density at radius 1 is 1.44 bits per heavy atom. The zero-order chi connectivity index (χ0) is 7.28. The maximum absolute atomic E-state index is 5.99. The quantitative estimate of drug-likeness (QED) is 0.484. The number of hydrogen-bond acceptors (Lipinski definition) is 2. The van der Waals surface area contributed by atoms with Crippen LogP contribution in [0, 0.1) is 0 Å². The summed E-state index contributed by atoms with van der Waals surface area (Å²) >= 11 is 5.99. The number of halogens is 1. The van der Waals surface area contributed by atoms with Gasteiger partial charge >= 0.3 is 0 Å². The molecule has 0 amide bonds. The topological polar surface area (TPSA) is 15.3 Å². The molecule has 0 aliphatic carbocycles. The van der Waals surface area contributed by atoms with Crippen LogP contribution in [0.1, 0.15) is 13.8 Å². The summed E-state index contributed by atoms with van der Waals surface area (Å²) in [5, 5.41) is 0. The second kappa shape index (κ2) is 5.23. The summed E-state index contributed by atoms with van der Waals surface area (Å²) in [6.07, 6.45) is 0. The van der Waals surface area contributed by atoms with Gasteiger partial charge in [0.2, 0.25) is 0 Å². The summed E-state index contributed by atoms with van der Waals surface area (Å²) in [7, 11) is 0.678. The van der Waals surface area contributed by atoms with Crippen LogP contribution in [0.15, 0.2) is 0 Å². The standard InChI is InChI=1S/C5H15ClN2Si/c1-4-8(5-2)9(6)7-3/h7,9H,4-5H2,1-3H3. The van der Waals surface area contributed by atoms with E-state index in [4.69, 9.17) is 11.1 Å². The number of rotatable bonds is 4. The van der Waals surface area contributed by atoms with Crippen LogP contribution in [-0.4, -0.2) is 33.1 Å². The number of nitrogens with one attached hydrogen (secondary N) is 1. The summed E-state index contributed by atoms with van der Waals surface area (Å²) in [4.78, 5) is 3.10. The highest BCUT2D eigenvalue weighted by atomic mass is 35.6. The average molecular weight is 167 g/mol. The fraction of sp³-hybridized carbons (Fsp3) is 1.00. The monoisotopic (exact) mass is 166 g/mol. The Labute approximate surface area is 63.7 Å². The molecule has 0 rings (SSSR count). The highest BCUT2D eigenvalue weighted by molar-refractivity contribution is 7.03. The van der Waals surface area contributed by atoms with Crippen molar-refractivity contribution in [3.63, 3.8) is 0 Å².